The Balaban J connectivity index is 2.67. The molecule has 0 saturated carbocycles. The van der Waals surface area contributed by atoms with Crippen molar-refractivity contribution in [2.75, 3.05) is 7.11 Å². The summed E-state index contributed by atoms with van der Waals surface area (Å²) in [5, 5.41) is 1.29. The number of rotatable bonds is 2. The van der Waals surface area contributed by atoms with Crippen LogP contribution in [0.1, 0.15) is 11.8 Å². The van der Waals surface area contributed by atoms with Crippen molar-refractivity contribution in [1.82, 2.24) is 0 Å². The third-order valence-corrected chi connectivity index (χ3v) is 3.44. The molecule has 0 radical (unpaired) electrons. The van der Waals surface area contributed by atoms with E-state index >= 15 is 0 Å². The summed E-state index contributed by atoms with van der Waals surface area (Å²) in [6.07, 6.45) is 1.10. The lowest BCUT2D eigenvalue weighted by atomic mass is 10.2. The van der Waals surface area contributed by atoms with Gasteiger partial charge in [-0.15, -0.1) is 11.3 Å². The summed E-state index contributed by atoms with van der Waals surface area (Å²) in [6, 6.07) is 8.42. The van der Waals surface area contributed by atoms with Gasteiger partial charge in [-0.2, -0.15) is 0 Å². The summed E-state index contributed by atoms with van der Waals surface area (Å²) in [5.74, 6) is 0.988. The van der Waals surface area contributed by atoms with Gasteiger partial charge in [0.15, 0.2) is 0 Å². The second kappa shape index (κ2) is 3.38. The van der Waals surface area contributed by atoms with E-state index in [1.165, 1.54) is 15.0 Å². The average molecular weight is 192 g/mol. The van der Waals surface area contributed by atoms with Gasteiger partial charge in [-0.1, -0.05) is 19.1 Å². The Hall–Kier alpha value is -1.02. The first-order chi connectivity index (χ1) is 6.35. The molecule has 0 amide bonds. The van der Waals surface area contributed by atoms with E-state index in [9.17, 15) is 0 Å². The van der Waals surface area contributed by atoms with Crippen LogP contribution >= 0.6 is 11.3 Å². The van der Waals surface area contributed by atoms with Crippen molar-refractivity contribution < 1.29 is 4.74 Å². The van der Waals surface area contributed by atoms with Crippen LogP contribution in [0.4, 0.5) is 0 Å². The molecule has 0 bridgehead atoms. The zero-order valence-corrected chi connectivity index (χ0v) is 8.65. The van der Waals surface area contributed by atoms with Crippen LogP contribution in [-0.2, 0) is 6.42 Å². The standard InChI is InChI=1S/C11H12OS/c1-3-9-7-8-5-4-6-10(12-2)11(8)13-9/h4-7H,3H2,1-2H3. The molecule has 1 nitrogen and oxygen atoms in total. The fraction of sp³-hybridized carbons (Fsp3) is 0.273. The second-order valence-corrected chi connectivity index (χ2v) is 4.08. The number of ether oxygens (including phenoxy) is 1. The first-order valence-corrected chi connectivity index (χ1v) is 5.22. The highest BCUT2D eigenvalue weighted by molar-refractivity contribution is 7.19. The molecule has 1 aromatic heterocycles. The van der Waals surface area contributed by atoms with Gasteiger partial charge in [-0.25, -0.2) is 0 Å². The highest BCUT2D eigenvalue weighted by Crippen LogP contribution is 2.33. The van der Waals surface area contributed by atoms with Crippen LogP contribution in [0.25, 0.3) is 10.1 Å². The van der Waals surface area contributed by atoms with Crippen LogP contribution in [-0.4, -0.2) is 7.11 Å². The van der Waals surface area contributed by atoms with Crippen LogP contribution in [0.2, 0.25) is 0 Å². The molecule has 1 aromatic carbocycles. The Labute approximate surface area is 82.0 Å². The molecule has 0 atom stereocenters. The molecule has 2 rings (SSSR count). The topological polar surface area (TPSA) is 9.23 Å². The molecule has 0 fully saturated rings. The molecular formula is C11H12OS. The minimum absolute atomic E-state index is 0.988. The number of aryl methyl sites for hydroxylation is 1. The summed E-state index contributed by atoms with van der Waals surface area (Å²) in [4.78, 5) is 1.42. The Morgan fingerprint density at radius 2 is 2.23 bits per heavy atom. The molecule has 1 heterocycles. The fourth-order valence-electron chi connectivity index (χ4n) is 1.42. The number of benzene rings is 1. The molecule has 2 aromatic rings. The summed E-state index contributed by atoms with van der Waals surface area (Å²) in [6.45, 7) is 2.18. The summed E-state index contributed by atoms with van der Waals surface area (Å²) >= 11 is 1.82. The predicted molar refractivity (Wildman–Crippen MR) is 57.8 cm³/mol. The van der Waals surface area contributed by atoms with Gasteiger partial charge in [0.25, 0.3) is 0 Å². The van der Waals surface area contributed by atoms with E-state index in [0.29, 0.717) is 0 Å². The zero-order chi connectivity index (χ0) is 9.26. The maximum Gasteiger partial charge on any atom is 0.136 e. The number of methoxy groups -OCH3 is 1. The van der Waals surface area contributed by atoms with E-state index in [4.69, 9.17) is 4.74 Å². The van der Waals surface area contributed by atoms with Crippen LogP contribution in [0.3, 0.4) is 0 Å². The fourth-order valence-corrected chi connectivity index (χ4v) is 2.51. The molecule has 0 N–H and O–H groups in total. The monoisotopic (exact) mass is 192 g/mol. The van der Waals surface area contributed by atoms with E-state index in [2.05, 4.69) is 19.1 Å². The van der Waals surface area contributed by atoms with Crippen molar-refractivity contribution in [3.05, 3.63) is 29.1 Å². The van der Waals surface area contributed by atoms with Crippen LogP contribution in [0, 0.1) is 0 Å². The van der Waals surface area contributed by atoms with E-state index < -0.39 is 0 Å². The predicted octanol–water partition coefficient (Wildman–Crippen LogP) is 3.47. The number of hydrogen-bond donors (Lipinski definition) is 0. The largest absolute Gasteiger partial charge is 0.495 e. The summed E-state index contributed by atoms with van der Waals surface area (Å²) in [5.41, 5.74) is 0. The molecule has 0 aliphatic carbocycles. The molecule has 13 heavy (non-hydrogen) atoms. The van der Waals surface area contributed by atoms with Crippen LogP contribution in [0.15, 0.2) is 24.3 Å². The van der Waals surface area contributed by atoms with Gasteiger partial charge in [0.2, 0.25) is 0 Å². The van der Waals surface area contributed by atoms with Crippen molar-refractivity contribution in [2.24, 2.45) is 0 Å². The first-order valence-electron chi connectivity index (χ1n) is 4.40. The molecule has 0 spiro atoms. The van der Waals surface area contributed by atoms with Gasteiger partial charge in [0.1, 0.15) is 5.75 Å². The van der Waals surface area contributed by atoms with Crippen molar-refractivity contribution >= 4 is 21.4 Å². The van der Waals surface area contributed by atoms with Crippen molar-refractivity contribution in [3.63, 3.8) is 0 Å². The molecule has 68 valence electrons. The molecular weight excluding hydrogens is 180 g/mol. The molecule has 2 heteroatoms. The lowest BCUT2D eigenvalue weighted by Crippen LogP contribution is -1.80. The second-order valence-electron chi connectivity index (χ2n) is 2.94. The van der Waals surface area contributed by atoms with E-state index in [1.807, 2.05) is 23.5 Å². The van der Waals surface area contributed by atoms with Crippen LogP contribution < -0.4 is 4.74 Å². The number of hydrogen-bond acceptors (Lipinski definition) is 2. The van der Waals surface area contributed by atoms with Gasteiger partial charge in [-0.3, -0.25) is 0 Å². The number of thiophene rings is 1. The van der Waals surface area contributed by atoms with Crippen LogP contribution in [0.5, 0.6) is 5.75 Å². The Morgan fingerprint density at radius 1 is 1.38 bits per heavy atom. The molecule has 0 aliphatic rings. The average Bonchev–Trinajstić information content (AvgIpc) is 2.59. The van der Waals surface area contributed by atoms with E-state index in [0.717, 1.165) is 12.2 Å². The highest BCUT2D eigenvalue weighted by Gasteiger charge is 2.04. The Kier molecular flexibility index (Phi) is 2.23. The maximum absolute atomic E-state index is 5.30. The van der Waals surface area contributed by atoms with Gasteiger partial charge < -0.3 is 4.74 Å². The summed E-state index contributed by atoms with van der Waals surface area (Å²) in [7, 11) is 1.72. The van der Waals surface area contributed by atoms with E-state index in [-0.39, 0.29) is 0 Å². The Morgan fingerprint density at radius 3 is 2.92 bits per heavy atom. The minimum Gasteiger partial charge on any atom is -0.495 e. The first kappa shape index (κ1) is 8.57. The third-order valence-electron chi connectivity index (χ3n) is 2.13. The lowest BCUT2D eigenvalue weighted by molar-refractivity contribution is 0.420. The zero-order valence-electron chi connectivity index (χ0n) is 7.83. The lowest BCUT2D eigenvalue weighted by Gasteiger charge is -1.98. The smallest absolute Gasteiger partial charge is 0.136 e. The van der Waals surface area contributed by atoms with Gasteiger partial charge in [0.05, 0.1) is 11.8 Å². The van der Waals surface area contributed by atoms with Crippen molar-refractivity contribution in [1.29, 1.82) is 0 Å². The minimum atomic E-state index is 0.988. The normalized spacial score (nSPS) is 10.6. The maximum atomic E-state index is 5.30. The van der Waals surface area contributed by atoms with Crippen molar-refractivity contribution in [2.45, 2.75) is 13.3 Å². The van der Waals surface area contributed by atoms with Gasteiger partial charge in [-0.05, 0) is 23.9 Å². The van der Waals surface area contributed by atoms with Crippen molar-refractivity contribution in [3.8, 4) is 5.75 Å². The third kappa shape index (κ3) is 1.42. The van der Waals surface area contributed by atoms with Gasteiger partial charge in [0, 0.05) is 4.88 Å². The Bertz CT molecular complexity index is 417. The molecule has 0 aliphatic heterocycles. The number of fused-ring (bicyclic) bond motifs is 1. The quantitative estimate of drug-likeness (QED) is 0.708. The molecule has 0 saturated heterocycles. The molecule has 0 unspecified atom stereocenters. The van der Waals surface area contributed by atoms with E-state index in [1.54, 1.807) is 7.11 Å². The SMILES string of the molecule is CCc1cc2cccc(OC)c2s1. The highest BCUT2D eigenvalue weighted by atomic mass is 32.1. The summed E-state index contributed by atoms with van der Waals surface area (Å²) < 4.78 is 6.56. The van der Waals surface area contributed by atoms with Gasteiger partial charge >= 0.3 is 0 Å².